The van der Waals surface area contributed by atoms with Crippen molar-refractivity contribution in [2.75, 3.05) is 56.0 Å². The third-order valence-corrected chi connectivity index (χ3v) is 7.42. The molecule has 15 heteroatoms. The molecular weight excluding hydrogens is 587 g/mol. The first kappa shape index (κ1) is 31.4. The molecule has 3 amide bonds. The van der Waals surface area contributed by atoms with Crippen LogP contribution in [-0.2, 0) is 16.1 Å². The predicted molar refractivity (Wildman–Crippen MR) is 146 cm³/mol. The number of amides is 3. The lowest BCUT2D eigenvalue weighted by atomic mass is 10.1. The van der Waals surface area contributed by atoms with Crippen molar-refractivity contribution < 1.29 is 36.3 Å². The summed E-state index contributed by atoms with van der Waals surface area (Å²) in [5, 5.41) is 5.35. The average Bonchev–Trinajstić information content (AvgIpc) is 3.25. The number of hydrogen-bond donors (Lipinski definition) is 3. The van der Waals surface area contributed by atoms with Crippen LogP contribution in [0.1, 0.15) is 28.8 Å². The van der Waals surface area contributed by atoms with E-state index in [1.165, 1.54) is 23.1 Å². The summed E-state index contributed by atoms with van der Waals surface area (Å²) in [5.41, 5.74) is 5.61. The minimum atomic E-state index is -4.24. The summed E-state index contributed by atoms with van der Waals surface area (Å²) < 4.78 is 67.5. The molecule has 228 valence electrons. The second kappa shape index (κ2) is 13.2. The molecule has 0 aliphatic carbocycles. The molecule has 2 fully saturated rings. The third-order valence-electron chi connectivity index (χ3n) is 7.19. The van der Waals surface area contributed by atoms with Gasteiger partial charge >= 0.3 is 6.18 Å². The van der Waals surface area contributed by atoms with E-state index in [9.17, 15) is 36.3 Å². The van der Waals surface area contributed by atoms with Crippen LogP contribution in [-0.4, -0.2) is 85.6 Å². The Hall–Kier alpha value is -3.49. The van der Waals surface area contributed by atoms with Gasteiger partial charge in [-0.3, -0.25) is 19.3 Å². The Morgan fingerprint density at radius 3 is 2.38 bits per heavy atom. The molecule has 0 unspecified atom stereocenters. The van der Waals surface area contributed by atoms with Gasteiger partial charge in [-0.15, -0.1) is 0 Å². The van der Waals surface area contributed by atoms with E-state index in [2.05, 4.69) is 10.6 Å². The summed E-state index contributed by atoms with van der Waals surface area (Å²) in [7, 11) is 0. The molecule has 2 aliphatic heterocycles. The highest BCUT2D eigenvalue weighted by Gasteiger charge is 2.31. The summed E-state index contributed by atoms with van der Waals surface area (Å²) in [5.74, 6) is -4.58. The Bertz CT molecular complexity index is 1340. The van der Waals surface area contributed by atoms with Gasteiger partial charge in [0, 0.05) is 56.4 Å². The first-order valence-electron chi connectivity index (χ1n) is 13.3. The van der Waals surface area contributed by atoms with Gasteiger partial charge in [-0.2, -0.15) is 13.2 Å². The number of carbonyl (C=O) groups excluding carboxylic acids is 3. The minimum Gasteiger partial charge on any atom is -0.367 e. The van der Waals surface area contributed by atoms with Crippen LogP contribution < -0.4 is 21.3 Å². The summed E-state index contributed by atoms with van der Waals surface area (Å²) >= 11 is 6.16. The molecule has 9 nitrogen and oxygen atoms in total. The molecule has 0 bridgehead atoms. The van der Waals surface area contributed by atoms with E-state index < -0.39 is 47.7 Å². The lowest BCUT2D eigenvalue weighted by Crippen LogP contribution is -2.47. The number of nitrogens with zero attached hydrogens (tertiary/aromatic N) is 3. The van der Waals surface area contributed by atoms with E-state index in [4.69, 9.17) is 17.3 Å². The third kappa shape index (κ3) is 7.86. The zero-order chi connectivity index (χ0) is 30.6. The van der Waals surface area contributed by atoms with Crippen LogP contribution in [0, 0.1) is 11.6 Å². The largest absolute Gasteiger partial charge is 0.390 e. The minimum absolute atomic E-state index is 0.117. The number of halogens is 6. The summed E-state index contributed by atoms with van der Waals surface area (Å²) in [6, 6.07) is 6.19. The van der Waals surface area contributed by atoms with Gasteiger partial charge in [0.2, 0.25) is 11.8 Å². The van der Waals surface area contributed by atoms with E-state index in [0.717, 1.165) is 6.07 Å². The number of alkyl halides is 3. The molecule has 2 aromatic carbocycles. The molecule has 4 N–H and O–H groups in total. The number of rotatable bonds is 9. The van der Waals surface area contributed by atoms with E-state index in [1.54, 1.807) is 11.0 Å². The second-order valence-corrected chi connectivity index (χ2v) is 10.6. The van der Waals surface area contributed by atoms with Crippen LogP contribution in [0.25, 0.3) is 0 Å². The van der Waals surface area contributed by atoms with Gasteiger partial charge in [0.1, 0.15) is 0 Å². The number of nitrogens with two attached hydrogens (primary N) is 1. The first-order chi connectivity index (χ1) is 19.8. The molecule has 0 spiro atoms. The molecule has 2 saturated heterocycles. The molecule has 0 radical (unpaired) electrons. The lowest BCUT2D eigenvalue weighted by Gasteiger charge is -2.37. The Labute approximate surface area is 243 Å². The van der Waals surface area contributed by atoms with Crippen molar-refractivity contribution in [2.45, 2.75) is 31.6 Å². The Morgan fingerprint density at radius 1 is 1.02 bits per heavy atom. The van der Waals surface area contributed by atoms with E-state index >= 15 is 0 Å². The van der Waals surface area contributed by atoms with Crippen molar-refractivity contribution in [1.82, 2.24) is 15.1 Å². The second-order valence-electron chi connectivity index (χ2n) is 10.1. The van der Waals surface area contributed by atoms with E-state index in [0.29, 0.717) is 49.9 Å². The summed E-state index contributed by atoms with van der Waals surface area (Å²) in [6.45, 7) is 1.02. The first-order valence-corrected chi connectivity index (χ1v) is 13.6. The van der Waals surface area contributed by atoms with Gasteiger partial charge in [-0.05, 0) is 30.7 Å². The van der Waals surface area contributed by atoms with Crippen LogP contribution in [0.15, 0.2) is 30.3 Å². The van der Waals surface area contributed by atoms with Crippen molar-refractivity contribution in [2.24, 2.45) is 5.73 Å². The van der Waals surface area contributed by atoms with Crippen LogP contribution in [0.4, 0.5) is 33.3 Å². The zero-order valence-corrected chi connectivity index (χ0v) is 23.2. The molecule has 42 heavy (non-hydrogen) atoms. The molecule has 4 rings (SSSR count). The SMILES string of the molecule is N[C@H]1CCN(CC(=O)NCc2ccc(C(=O)Nc3ccc(Cl)cc3N3CCN(CCC(F)(F)F)CC3)c(F)c2F)C1=O. The van der Waals surface area contributed by atoms with E-state index in [-0.39, 0.29) is 36.8 Å². The van der Waals surface area contributed by atoms with Gasteiger partial charge in [0.05, 0.1) is 35.9 Å². The van der Waals surface area contributed by atoms with Gasteiger partial charge < -0.3 is 26.2 Å². The molecule has 0 saturated carbocycles. The smallest absolute Gasteiger partial charge is 0.367 e. The van der Waals surface area contributed by atoms with Crippen LogP contribution >= 0.6 is 11.6 Å². The van der Waals surface area contributed by atoms with Crippen molar-refractivity contribution in [3.05, 3.63) is 58.1 Å². The fraction of sp³-hybridized carbons (Fsp3) is 0.444. The van der Waals surface area contributed by atoms with Crippen LogP contribution in [0.5, 0.6) is 0 Å². The summed E-state index contributed by atoms with van der Waals surface area (Å²) in [4.78, 5) is 41.8. The Kier molecular flexibility index (Phi) is 9.89. The normalized spacial score (nSPS) is 18.0. The maximum absolute atomic E-state index is 14.9. The number of nitrogens with one attached hydrogen (secondary N) is 2. The van der Waals surface area contributed by atoms with Crippen LogP contribution in [0.2, 0.25) is 5.02 Å². The maximum Gasteiger partial charge on any atom is 0.390 e. The van der Waals surface area contributed by atoms with Crippen LogP contribution in [0.3, 0.4) is 0 Å². The maximum atomic E-state index is 14.9. The molecule has 2 aromatic rings. The Morgan fingerprint density at radius 2 is 1.74 bits per heavy atom. The van der Waals surface area contributed by atoms with Crippen molar-refractivity contribution in [1.29, 1.82) is 0 Å². The number of likely N-dealkylation sites (tertiary alicyclic amines) is 1. The van der Waals surface area contributed by atoms with E-state index in [1.807, 2.05) is 4.90 Å². The molecular formula is C27H30ClF5N6O3. The fourth-order valence-corrected chi connectivity index (χ4v) is 4.97. The number of carbonyl (C=O) groups is 3. The standard InChI is InChI=1S/C27H30ClF5N6O3/c28-17-2-4-20(21(13-17)38-11-9-37(10-12-38)8-6-27(31,32)33)36-25(41)18-3-1-16(23(29)24(18)30)14-35-22(40)15-39-7-5-19(34)26(39)42/h1-4,13,19H,5-12,14-15,34H2,(H,35,40)(H,36,41)/t19-/m0/s1. The lowest BCUT2D eigenvalue weighted by molar-refractivity contribution is -0.138. The molecule has 0 aromatic heterocycles. The Balaban J connectivity index is 1.38. The van der Waals surface area contributed by atoms with Crippen molar-refractivity contribution in [3.8, 4) is 0 Å². The van der Waals surface area contributed by atoms with Crippen molar-refractivity contribution >= 4 is 40.7 Å². The highest BCUT2D eigenvalue weighted by Crippen LogP contribution is 2.31. The number of piperazine rings is 1. The fourth-order valence-electron chi connectivity index (χ4n) is 4.80. The summed E-state index contributed by atoms with van der Waals surface area (Å²) in [6.07, 6.45) is -4.73. The van der Waals surface area contributed by atoms with Gasteiger partial charge in [-0.1, -0.05) is 17.7 Å². The van der Waals surface area contributed by atoms with Crippen molar-refractivity contribution in [3.63, 3.8) is 0 Å². The highest BCUT2D eigenvalue weighted by atomic mass is 35.5. The predicted octanol–water partition coefficient (Wildman–Crippen LogP) is 3.12. The molecule has 1 atom stereocenters. The number of anilines is 2. The average molecular weight is 617 g/mol. The monoisotopic (exact) mass is 616 g/mol. The topological polar surface area (TPSA) is 111 Å². The van der Waals surface area contributed by atoms with Gasteiger partial charge in [0.25, 0.3) is 5.91 Å². The highest BCUT2D eigenvalue weighted by molar-refractivity contribution is 6.31. The number of hydrogen-bond acceptors (Lipinski definition) is 6. The van der Waals surface area contributed by atoms with Gasteiger partial charge in [0.15, 0.2) is 11.6 Å². The molecule has 2 heterocycles. The molecule has 2 aliphatic rings. The zero-order valence-electron chi connectivity index (χ0n) is 22.4. The quantitative estimate of drug-likeness (QED) is 0.374. The van der Waals surface area contributed by atoms with Gasteiger partial charge in [-0.25, -0.2) is 8.78 Å². The number of benzene rings is 2.